The second kappa shape index (κ2) is 7.68. The van der Waals surface area contributed by atoms with Crippen molar-refractivity contribution in [3.05, 3.63) is 23.8 Å². The van der Waals surface area contributed by atoms with Gasteiger partial charge in [0.25, 0.3) is 0 Å². The van der Waals surface area contributed by atoms with E-state index in [2.05, 4.69) is 0 Å². The molecule has 0 heterocycles. The highest BCUT2D eigenvalue weighted by Gasteiger charge is 2.46. The van der Waals surface area contributed by atoms with Gasteiger partial charge in [-0.25, -0.2) is 8.78 Å². The first kappa shape index (κ1) is 17.0. The van der Waals surface area contributed by atoms with E-state index in [1.165, 1.54) is 7.11 Å². The summed E-state index contributed by atoms with van der Waals surface area (Å²) in [5.41, 5.74) is 0. The van der Waals surface area contributed by atoms with E-state index in [4.69, 9.17) is 18.0 Å². The Balaban J connectivity index is 3.40. The monoisotopic (exact) mass is 306 g/mol. The van der Waals surface area contributed by atoms with Crippen LogP contribution in [0.1, 0.15) is 20.8 Å². The van der Waals surface area contributed by atoms with Crippen molar-refractivity contribution in [1.82, 2.24) is 0 Å². The number of rotatable bonds is 8. The average Bonchev–Trinajstić information content (AvgIpc) is 2.42. The van der Waals surface area contributed by atoms with Crippen molar-refractivity contribution < 1.29 is 26.8 Å². The van der Waals surface area contributed by atoms with Crippen molar-refractivity contribution in [3.63, 3.8) is 0 Å². The minimum atomic E-state index is -3.32. The van der Waals surface area contributed by atoms with Gasteiger partial charge in [-0.3, -0.25) is 0 Å². The van der Waals surface area contributed by atoms with Gasteiger partial charge in [-0.1, -0.05) is 0 Å². The molecule has 114 valence electrons. The van der Waals surface area contributed by atoms with Crippen LogP contribution in [0, 0.1) is 11.6 Å². The van der Waals surface area contributed by atoms with Crippen LogP contribution in [-0.4, -0.2) is 35.7 Å². The zero-order valence-electron chi connectivity index (χ0n) is 12.2. The Morgan fingerprint density at radius 2 is 1.35 bits per heavy atom. The maximum atomic E-state index is 13.6. The van der Waals surface area contributed by atoms with Crippen molar-refractivity contribution in [1.29, 1.82) is 0 Å². The predicted molar refractivity (Wildman–Crippen MR) is 73.2 cm³/mol. The summed E-state index contributed by atoms with van der Waals surface area (Å²) in [7, 11) is -1.95. The molecule has 1 aromatic rings. The summed E-state index contributed by atoms with van der Waals surface area (Å²) >= 11 is 0. The minimum Gasteiger partial charge on any atom is -0.496 e. The molecule has 0 aliphatic rings. The van der Waals surface area contributed by atoms with E-state index in [1.807, 2.05) is 0 Å². The van der Waals surface area contributed by atoms with Crippen molar-refractivity contribution in [2.24, 2.45) is 0 Å². The number of hydrogen-bond acceptors (Lipinski definition) is 4. The van der Waals surface area contributed by atoms with E-state index >= 15 is 0 Å². The third kappa shape index (κ3) is 3.54. The number of ether oxygens (including phenoxy) is 1. The quantitative estimate of drug-likeness (QED) is 0.690. The summed E-state index contributed by atoms with van der Waals surface area (Å²) in [5.74, 6) is -1.82. The highest BCUT2D eigenvalue weighted by Crippen LogP contribution is 2.21. The Morgan fingerprint density at radius 1 is 0.900 bits per heavy atom. The molecule has 7 heteroatoms. The first-order valence-corrected chi connectivity index (χ1v) is 8.22. The molecule has 0 atom stereocenters. The maximum absolute atomic E-state index is 13.6. The molecule has 1 aromatic carbocycles. The van der Waals surface area contributed by atoms with Crippen molar-refractivity contribution in [3.8, 4) is 5.75 Å². The number of benzene rings is 1. The first-order chi connectivity index (χ1) is 9.54. The molecule has 0 unspecified atom stereocenters. The molecule has 0 aliphatic heterocycles. The zero-order chi connectivity index (χ0) is 15.2. The molecule has 0 saturated carbocycles. The van der Waals surface area contributed by atoms with Crippen LogP contribution in [-0.2, 0) is 13.3 Å². The molecule has 20 heavy (non-hydrogen) atoms. The van der Waals surface area contributed by atoms with E-state index in [1.54, 1.807) is 20.8 Å². The summed E-state index contributed by atoms with van der Waals surface area (Å²) < 4.78 is 49.0. The lowest BCUT2D eigenvalue weighted by molar-refractivity contribution is 0.0852. The van der Waals surface area contributed by atoms with Crippen LogP contribution in [0.4, 0.5) is 8.78 Å². The molecular formula is C13H20F2O4Si. The summed E-state index contributed by atoms with van der Waals surface area (Å²) in [6.07, 6.45) is 0. The van der Waals surface area contributed by atoms with Gasteiger partial charge in [0, 0.05) is 25.9 Å². The van der Waals surface area contributed by atoms with Gasteiger partial charge in [-0.15, -0.1) is 0 Å². The molecular weight excluding hydrogens is 286 g/mol. The fourth-order valence-corrected chi connectivity index (χ4v) is 4.50. The third-order valence-electron chi connectivity index (χ3n) is 2.58. The van der Waals surface area contributed by atoms with Gasteiger partial charge in [-0.2, -0.15) is 0 Å². The summed E-state index contributed by atoms with van der Waals surface area (Å²) in [5, 5.41) is 0.296. The zero-order valence-corrected chi connectivity index (χ0v) is 13.2. The van der Waals surface area contributed by atoms with Crippen LogP contribution in [0.5, 0.6) is 5.75 Å². The lowest BCUT2D eigenvalue weighted by Crippen LogP contribution is -2.57. The molecule has 0 aliphatic carbocycles. The molecule has 4 nitrogen and oxygen atoms in total. The summed E-state index contributed by atoms with van der Waals surface area (Å²) in [6.45, 7) is 6.33. The average molecular weight is 306 g/mol. The number of hydrogen-bond donors (Lipinski definition) is 0. The molecule has 0 fully saturated rings. The first-order valence-electron chi connectivity index (χ1n) is 6.49. The van der Waals surface area contributed by atoms with Crippen LogP contribution in [0.15, 0.2) is 12.1 Å². The molecule has 1 rings (SSSR count). The van der Waals surface area contributed by atoms with Gasteiger partial charge >= 0.3 is 8.80 Å². The van der Waals surface area contributed by atoms with Gasteiger partial charge in [0.1, 0.15) is 5.75 Å². The van der Waals surface area contributed by atoms with Crippen LogP contribution in [0.2, 0.25) is 0 Å². The standard InChI is InChI=1S/C13H20F2O4Si/c1-5-17-20(18-6-2,19-7-3)13-9-11(15)10(14)8-12(13)16-4/h8-9H,5-7H2,1-4H3. The van der Waals surface area contributed by atoms with Crippen molar-refractivity contribution in [2.45, 2.75) is 20.8 Å². The Labute approximate surface area is 119 Å². The van der Waals surface area contributed by atoms with E-state index in [0.29, 0.717) is 25.0 Å². The fourth-order valence-electron chi connectivity index (χ4n) is 1.87. The van der Waals surface area contributed by atoms with Gasteiger partial charge in [-0.05, 0) is 26.8 Å². The SMILES string of the molecule is CCO[Si](OCC)(OCC)c1cc(F)c(F)cc1OC. The highest BCUT2D eigenvalue weighted by molar-refractivity contribution is 6.76. The van der Waals surface area contributed by atoms with Gasteiger partial charge in [0.2, 0.25) is 0 Å². The largest absolute Gasteiger partial charge is 0.541 e. The van der Waals surface area contributed by atoms with Gasteiger partial charge in [0.15, 0.2) is 11.6 Å². The van der Waals surface area contributed by atoms with Gasteiger partial charge < -0.3 is 18.0 Å². The number of halogens is 2. The summed E-state index contributed by atoms with van der Waals surface area (Å²) in [6, 6.07) is 2.00. The van der Waals surface area contributed by atoms with E-state index in [0.717, 1.165) is 12.1 Å². The third-order valence-corrected chi connectivity index (χ3v) is 5.63. The lowest BCUT2D eigenvalue weighted by Gasteiger charge is -2.29. The van der Waals surface area contributed by atoms with Crippen molar-refractivity contribution >= 4 is 14.0 Å². The molecule has 0 saturated heterocycles. The van der Waals surface area contributed by atoms with E-state index < -0.39 is 20.4 Å². The van der Waals surface area contributed by atoms with Crippen LogP contribution in [0.3, 0.4) is 0 Å². The van der Waals surface area contributed by atoms with Crippen molar-refractivity contribution in [2.75, 3.05) is 26.9 Å². The maximum Gasteiger partial charge on any atom is 0.541 e. The predicted octanol–water partition coefficient (Wildman–Crippen LogP) is 2.23. The molecule has 0 radical (unpaired) electrons. The van der Waals surface area contributed by atoms with Crippen LogP contribution in [0.25, 0.3) is 0 Å². The second-order valence-electron chi connectivity index (χ2n) is 3.82. The smallest absolute Gasteiger partial charge is 0.496 e. The summed E-state index contributed by atoms with van der Waals surface area (Å²) in [4.78, 5) is 0. The van der Waals surface area contributed by atoms with Crippen LogP contribution >= 0.6 is 0 Å². The number of methoxy groups -OCH3 is 1. The molecule has 0 spiro atoms. The normalized spacial score (nSPS) is 11.7. The Morgan fingerprint density at radius 3 is 1.75 bits per heavy atom. The Kier molecular flexibility index (Phi) is 6.54. The minimum absolute atomic E-state index is 0.158. The second-order valence-corrected chi connectivity index (χ2v) is 6.34. The van der Waals surface area contributed by atoms with E-state index in [9.17, 15) is 8.78 Å². The molecule has 0 N–H and O–H groups in total. The Bertz CT molecular complexity index is 426. The molecule has 0 bridgehead atoms. The topological polar surface area (TPSA) is 36.9 Å². The Hall–Kier alpha value is -1.02. The fraction of sp³-hybridized carbons (Fsp3) is 0.538. The van der Waals surface area contributed by atoms with Crippen LogP contribution < -0.4 is 9.92 Å². The highest BCUT2D eigenvalue weighted by atomic mass is 28.4. The van der Waals surface area contributed by atoms with Gasteiger partial charge in [0.05, 0.1) is 12.3 Å². The molecule has 0 amide bonds. The molecule has 0 aromatic heterocycles. The lowest BCUT2D eigenvalue weighted by atomic mass is 10.3. The van der Waals surface area contributed by atoms with E-state index in [-0.39, 0.29) is 5.75 Å².